The van der Waals surface area contributed by atoms with Gasteiger partial charge in [0, 0.05) is 5.92 Å². The van der Waals surface area contributed by atoms with Crippen molar-refractivity contribution in [1.82, 2.24) is 0 Å². The van der Waals surface area contributed by atoms with Crippen LogP contribution in [0.4, 0.5) is 0 Å². The predicted molar refractivity (Wildman–Crippen MR) is 87.6 cm³/mol. The summed E-state index contributed by atoms with van der Waals surface area (Å²) in [7, 11) is 0. The third kappa shape index (κ3) is 3.80. The molecule has 3 nitrogen and oxygen atoms in total. The Morgan fingerprint density at radius 3 is 2.59 bits per heavy atom. The molecule has 0 heterocycles. The smallest absolute Gasteiger partial charge is 0.306 e. The molecular weight excluding hydrogens is 276 g/mol. The van der Waals surface area contributed by atoms with Gasteiger partial charge in [-0.05, 0) is 76.5 Å². The van der Waals surface area contributed by atoms with E-state index in [2.05, 4.69) is 19.9 Å². The minimum absolute atomic E-state index is 0.133. The lowest BCUT2D eigenvalue weighted by atomic mass is 9.71. The standard InChI is InChI=1S/C19H30O3/c1-13-5-4-6-15(18(21)22)7-8-17-16(14(2)20)10-12-19(17,3)11-9-13/h9,15-17H,4-8,10-12H2,1-3H3,(H,21,22)/b13-9-. The van der Waals surface area contributed by atoms with Gasteiger partial charge in [0.25, 0.3) is 0 Å². The van der Waals surface area contributed by atoms with Gasteiger partial charge in [-0.15, -0.1) is 0 Å². The van der Waals surface area contributed by atoms with E-state index in [0.29, 0.717) is 5.92 Å². The molecule has 2 aliphatic carbocycles. The van der Waals surface area contributed by atoms with Crippen LogP contribution in [-0.4, -0.2) is 16.9 Å². The van der Waals surface area contributed by atoms with Crippen LogP contribution in [0.2, 0.25) is 0 Å². The molecule has 2 rings (SSSR count). The SMILES string of the molecule is CC(=O)C1CCC2(C)C/C=C(/C)CCCC(C(=O)O)CCC12. The lowest BCUT2D eigenvalue weighted by Gasteiger charge is -2.33. The molecule has 0 bridgehead atoms. The van der Waals surface area contributed by atoms with Crippen LogP contribution in [0, 0.1) is 23.2 Å². The minimum atomic E-state index is -0.667. The number of carbonyl (C=O) groups is 2. The van der Waals surface area contributed by atoms with Gasteiger partial charge in [-0.1, -0.05) is 18.6 Å². The van der Waals surface area contributed by atoms with E-state index >= 15 is 0 Å². The summed E-state index contributed by atoms with van der Waals surface area (Å²) in [6, 6.07) is 0. The fraction of sp³-hybridized carbons (Fsp3) is 0.789. The maximum Gasteiger partial charge on any atom is 0.306 e. The average Bonchev–Trinajstić information content (AvgIpc) is 2.76. The summed E-state index contributed by atoms with van der Waals surface area (Å²) in [6.07, 6.45) is 9.75. The first kappa shape index (κ1) is 17.2. The lowest BCUT2D eigenvalue weighted by Crippen LogP contribution is -2.29. The van der Waals surface area contributed by atoms with Crippen molar-refractivity contribution in [2.75, 3.05) is 0 Å². The number of ketones is 1. The molecule has 1 fully saturated rings. The molecule has 3 heteroatoms. The topological polar surface area (TPSA) is 54.4 Å². The van der Waals surface area contributed by atoms with E-state index in [1.54, 1.807) is 6.92 Å². The average molecular weight is 306 g/mol. The van der Waals surface area contributed by atoms with Gasteiger partial charge in [0.15, 0.2) is 0 Å². The molecule has 0 aliphatic heterocycles. The van der Waals surface area contributed by atoms with Gasteiger partial charge in [-0.3, -0.25) is 9.59 Å². The molecule has 0 spiro atoms. The summed E-state index contributed by atoms with van der Waals surface area (Å²) < 4.78 is 0. The number of Topliss-reactive ketones (excluding diaryl/α,β-unsaturated/α-hetero) is 1. The summed E-state index contributed by atoms with van der Waals surface area (Å²) in [5, 5.41) is 9.45. The van der Waals surface area contributed by atoms with Crippen molar-refractivity contribution >= 4 is 11.8 Å². The fourth-order valence-corrected chi connectivity index (χ4v) is 4.56. The van der Waals surface area contributed by atoms with E-state index < -0.39 is 5.97 Å². The molecule has 0 radical (unpaired) electrons. The van der Waals surface area contributed by atoms with Crippen molar-refractivity contribution in [3.8, 4) is 0 Å². The highest BCUT2D eigenvalue weighted by molar-refractivity contribution is 5.79. The van der Waals surface area contributed by atoms with Crippen LogP contribution in [0.5, 0.6) is 0 Å². The summed E-state index contributed by atoms with van der Waals surface area (Å²) >= 11 is 0. The van der Waals surface area contributed by atoms with Gasteiger partial charge < -0.3 is 5.11 Å². The Balaban J connectivity index is 2.25. The van der Waals surface area contributed by atoms with Crippen LogP contribution in [0.25, 0.3) is 0 Å². The molecule has 4 unspecified atom stereocenters. The zero-order chi connectivity index (χ0) is 16.3. The number of fused-ring (bicyclic) bond motifs is 1. The Morgan fingerprint density at radius 1 is 1.23 bits per heavy atom. The maximum atomic E-state index is 12.0. The predicted octanol–water partition coefficient (Wildman–Crippen LogP) is 4.61. The highest BCUT2D eigenvalue weighted by Crippen LogP contribution is 2.52. The van der Waals surface area contributed by atoms with Crippen molar-refractivity contribution in [3.05, 3.63) is 11.6 Å². The molecule has 0 amide bonds. The summed E-state index contributed by atoms with van der Waals surface area (Å²) in [6.45, 7) is 6.17. The van der Waals surface area contributed by atoms with Crippen LogP contribution >= 0.6 is 0 Å². The monoisotopic (exact) mass is 306 g/mol. The van der Waals surface area contributed by atoms with Crippen molar-refractivity contribution in [1.29, 1.82) is 0 Å². The Labute approximate surface area is 134 Å². The second-order valence-electron chi connectivity index (χ2n) is 7.78. The van der Waals surface area contributed by atoms with Crippen LogP contribution in [0.15, 0.2) is 11.6 Å². The molecule has 2 aliphatic rings. The number of carbonyl (C=O) groups excluding carboxylic acids is 1. The summed E-state index contributed by atoms with van der Waals surface area (Å²) in [4.78, 5) is 23.5. The number of hydrogen-bond acceptors (Lipinski definition) is 2. The zero-order valence-electron chi connectivity index (χ0n) is 14.2. The van der Waals surface area contributed by atoms with Crippen molar-refractivity contribution in [3.63, 3.8) is 0 Å². The van der Waals surface area contributed by atoms with Crippen molar-refractivity contribution in [2.24, 2.45) is 23.2 Å². The van der Waals surface area contributed by atoms with Gasteiger partial charge in [0.05, 0.1) is 5.92 Å². The molecule has 1 N–H and O–H groups in total. The van der Waals surface area contributed by atoms with Crippen LogP contribution in [-0.2, 0) is 9.59 Å². The Bertz CT molecular complexity index is 465. The van der Waals surface area contributed by atoms with E-state index in [4.69, 9.17) is 0 Å². The number of rotatable bonds is 2. The van der Waals surface area contributed by atoms with Crippen LogP contribution in [0.1, 0.15) is 72.1 Å². The van der Waals surface area contributed by atoms with Gasteiger partial charge >= 0.3 is 5.97 Å². The van der Waals surface area contributed by atoms with Crippen molar-refractivity contribution in [2.45, 2.75) is 72.1 Å². The van der Waals surface area contributed by atoms with Gasteiger partial charge in [-0.2, -0.15) is 0 Å². The first-order chi connectivity index (χ1) is 10.3. The van der Waals surface area contributed by atoms with Crippen molar-refractivity contribution < 1.29 is 14.7 Å². The first-order valence-corrected chi connectivity index (χ1v) is 8.72. The normalized spacial score (nSPS) is 39.2. The highest BCUT2D eigenvalue weighted by Gasteiger charge is 2.46. The maximum absolute atomic E-state index is 12.0. The molecule has 4 atom stereocenters. The number of carboxylic acids is 1. The molecule has 0 aromatic rings. The minimum Gasteiger partial charge on any atom is -0.481 e. The fourth-order valence-electron chi connectivity index (χ4n) is 4.56. The van der Waals surface area contributed by atoms with E-state index in [1.807, 2.05) is 0 Å². The molecular formula is C19H30O3. The van der Waals surface area contributed by atoms with Gasteiger partial charge in [-0.25, -0.2) is 0 Å². The number of allylic oxidation sites excluding steroid dienone is 2. The Kier molecular flexibility index (Phi) is 5.46. The van der Waals surface area contributed by atoms with E-state index in [9.17, 15) is 14.7 Å². The Morgan fingerprint density at radius 2 is 1.95 bits per heavy atom. The summed E-state index contributed by atoms with van der Waals surface area (Å²) in [5.41, 5.74) is 1.53. The number of carboxylic acid groups (broad SMARTS) is 1. The lowest BCUT2D eigenvalue weighted by molar-refractivity contribution is -0.142. The highest BCUT2D eigenvalue weighted by atomic mass is 16.4. The molecule has 0 aromatic heterocycles. The van der Waals surface area contributed by atoms with Crippen LogP contribution in [0.3, 0.4) is 0 Å². The van der Waals surface area contributed by atoms with Gasteiger partial charge in [0.2, 0.25) is 0 Å². The van der Waals surface area contributed by atoms with E-state index in [0.717, 1.165) is 51.4 Å². The number of aliphatic carboxylic acids is 1. The first-order valence-electron chi connectivity index (χ1n) is 8.72. The molecule has 124 valence electrons. The van der Waals surface area contributed by atoms with Crippen LogP contribution < -0.4 is 0 Å². The van der Waals surface area contributed by atoms with Gasteiger partial charge in [0.1, 0.15) is 5.78 Å². The third-order valence-corrected chi connectivity index (χ3v) is 6.15. The zero-order valence-corrected chi connectivity index (χ0v) is 14.2. The molecule has 22 heavy (non-hydrogen) atoms. The Hall–Kier alpha value is -1.12. The molecule has 1 saturated carbocycles. The largest absolute Gasteiger partial charge is 0.481 e. The van der Waals surface area contributed by atoms with E-state index in [1.165, 1.54) is 5.57 Å². The second kappa shape index (κ2) is 6.97. The quantitative estimate of drug-likeness (QED) is 0.758. The molecule has 0 aromatic carbocycles. The second-order valence-corrected chi connectivity index (χ2v) is 7.78. The molecule has 0 saturated heterocycles. The third-order valence-electron chi connectivity index (χ3n) is 6.15. The number of hydrogen-bond donors (Lipinski definition) is 1. The van der Waals surface area contributed by atoms with E-state index in [-0.39, 0.29) is 23.0 Å². The summed E-state index contributed by atoms with van der Waals surface area (Å²) in [5.74, 6) is -0.151.